The van der Waals surface area contributed by atoms with Gasteiger partial charge in [-0.1, -0.05) is 24.3 Å². The molecular weight excluding hydrogens is 454 g/mol. The van der Waals surface area contributed by atoms with Crippen LogP contribution in [0.3, 0.4) is 0 Å². The number of ether oxygens (including phenoxy) is 1. The summed E-state index contributed by atoms with van der Waals surface area (Å²) in [6, 6.07) is 22.6. The van der Waals surface area contributed by atoms with Crippen LogP contribution in [0.15, 0.2) is 72.8 Å². The predicted molar refractivity (Wildman–Crippen MR) is 142 cm³/mol. The fourth-order valence-electron chi connectivity index (χ4n) is 3.92. The van der Waals surface area contributed by atoms with E-state index in [2.05, 4.69) is 20.8 Å². The number of fused-ring (bicyclic) bond motifs is 1. The Hall–Kier alpha value is -4.46. The van der Waals surface area contributed by atoms with E-state index in [-0.39, 0.29) is 18.4 Å². The monoisotopic (exact) mass is 483 g/mol. The summed E-state index contributed by atoms with van der Waals surface area (Å²) >= 11 is 0. The lowest BCUT2D eigenvalue weighted by molar-refractivity contribution is -0.132. The standard InChI is InChI=1S/C28H29N5O3/c1-4-33(5-2)25(34)18-36-22-16-12-19(13-17-22)26-23-8-6-7-9-24(23)27(32-31-26)30-21-14-10-20(11-15-21)28(35)29-3/h6-17H,4-5,18H2,1-3H3,(H,29,35)(H,30,32). The Bertz CT molecular complexity index is 1350. The smallest absolute Gasteiger partial charge is 0.260 e. The maximum Gasteiger partial charge on any atom is 0.260 e. The van der Waals surface area contributed by atoms with E-state index in [4.69, 9.17) is 4.74 Å². The van der Waals surface area contributed by atoms with Crippen LogP contribution in [0.25, 0.3) is 22.0 Å². The van der Waals surface area contributed by atoms with Gasteiger partial charge in [-0.2, -0.15) is 0 Å². The molecule has 184 valence electrons. The number of aromatic nitrogens is 2. The number of amides is 2. The Morgan fingerprint density at radius 2 is 1.53 bits per heavy atom. The van der Waals surface area contributed by atoms with E-state index in [9.17, 15) is 9.59 Å². The molecule has 4 aromatic rings. The Kier molecular flexibility index (Phi) is 7.75. The fraction of sp³-hybridized carbons (Fsp3) is 0.214. The minimum Gasteiger partial charge on any atom is -0.484 e. The number of carbonyl (C=O) groups is 2. The first-order valence-electron chi connectivity index (χ1n) is 11.9. The molecule has 0 saturated carbocycles. The average Bonchev–Trinajstić information content (AvgIpc) is 2.93. The molecule has 1 heterocycles. The first-order chi connectivity index (χ1) is 17.5. The SMILES string of the molecule is CCN(CC)C(=O)COc1ccc(-c2nnc(Nc3ccc(C(=O)NC)cc3)c3ccccc23)cc1. The number of likely N-dealkylation sites (N-methyl/N-ethyl adjacent to an activating group) is 1. The summed E-state index contributed by atoms with van der Waals surface area (Å²) in [7, 11) is 1.60. The number of nitrogens with zero attached hydrogens (tertiary/aromatic N) is 3. The molecule has 2 amide bonds. The molecular formula is C28H29N5O3. The number of rotatable bonds is 9. The number of benzene rings is 3. The third kappa shape index (κ3) is 5.43. The predicted octanol–water partition coefficient (Wildman–Crippen LogP) is 4.65. The highest BCUT2D eigenvalue weighted by Crippen LogP contribution is 2.31. The maximum atomic E-state index is 12.2. The summed E-state index contributed by atoms with van der Waals surface area (Å²) in [6.45, 7) is 5.23. The van der Waals surface area contributed by atoms with Gasteiger partial charge in [0.15, 0.2) is 12.4 Å². The van der Waals surface area contributed by atoms with E-state index in [1.165, 1.54) is 0 Å². The van der Waals surface area contributed by atoms with Gasteiger partial charge in [0.05, 0.1) is 0 Å². The quantitative estimate of drug-likeness (QED) is 0.360. The first kappa shape index (κ1) is 24.7. The summed E-state index contributed by atoms with van der Waals surface area (Å²) in [4.78, 5) is 25.7. The Balaban J connectivity index is 1.54. The van der Waals surface area contributed by atoms with Crippen LogP contribution >= 0.6 is 0 Å². The molecule has 0 unspecified atom stereocenters. The van der Waals surface area contributed by atoms with Crippen molar-refractivity contribution < 1.29 is 14.3 Å². The lowest BCUT2D eigenvalue weighted by Gasteiger charge is -2.18. The molecule has 1 aromatic heterocycles. The van der Waals surface area contributed by atoms with Gasteiger partial charge < -0.3 is 20.3 Å². The number of hydrogen-bond acceptors (Lipinski definition) is 6. The van der Waals surface area contributed by atoms with E-state index in [0.717, 1.165) is 27.7 Å². The van der Waals surface area contributed by atoms with Crippen LogP contribution in [0, 0.1) is 0 Å². The Morgan fingerprint density at radius 3 is 2.17 bits per heavy atom. The van der Waals surface area contributed by atoms with Crippen LogP contribution < -0.4 is 15.4 Å². The molecule has 0 aliphatic heterocycles. The van der Waals surface area contributed by atoms with Gasteiger partial charge in [0.1, 0.15) is 11.4 Å². The molecule has 0 spiro atoms. The molecule has 36 heavy (non-hydrogen) atoms. The molecule has 0 saturated heterocycles. The zero-order chi connectivity index (χ0) is 25.5. The topological polar surface area (TPSA) is 96.5 Å². The normalized spacial score (nSPS) is 10.6. The van der Waals surface area contributed by atoms with E-state index < -0.39 is 0 Å². The third-order valence-corrected chi connectivity index (χ3v) is 5.93. The van der Waals surface area contributed by atoms with Crippen LogP contribution in [-0.2, 0) is 4.79 Å². The van der Waals surface area contributed by atoms with Crippen LogP contribution in [0.2, 0.25) is 0 Å². The zero-order valence-electron chi connectivity index (χ0n) is 20.6. The summed E-state index contributed by atoms with van der Waals surface area (Å²) in [5.74, 6) is 1.07. The zero-order valence-corrected chi connectivity index (χ0v) is 20.6. The van der Waals surface area contributed by atoms with Gasteiger partial charge in [0, 0.05) is 47.7 Å². The molecule has 0 bridgehead atoms. The van der Waals surface area contributed by atoms with Gasteiger partial charge in [0.2, 0.25) is 0 Å². The lowest BCUT2D eigenvalue weighted by Crippen LogP contribution is -2.34. The Labute approximate surface area is 210 Å². The summed E-state index contributed by atoms with van der Waals surface area (Å²) in [5, 5.41) is 16.7. The summed E-state index contributed by atoms with van der Waals surface area (Å²) < 4.78 is 5.68. The maximum absolute atomic E-state index is 12.2. The number of anilines is 2. The average molecular weight is 484 g/mol. The van der Waals surface area contributed by atoms with Crippen molar-refractivity contribution in [2.45, 2.75) is 13.8 Å². The van der Waals surface area contributed by atoms with Crippen LogP contribution in [0.5, 0.6) is 5.75 Å². The molecule has 0 atom stereocenters. The summed E-state index contributed by atoms with van der Waals surface area (Å²) in [6.07, 6.45) is 0. The number of hydrogen-bond donors (Lipinski definition) is 2. The third-order valence-electron chi connectivity index (χ3n) is 5.93. The van der Waals surface area contributed by atoms with E-state index in [1.807, 2.05) is 74.5 Å². The van der Waals surface area contributed by atoms with Gasteiger partial charge in [-0.25, -0.2) is 0 Å². The molecule has 4 rings (SSSR count). The van der Waals surface area contributed by atoms with Crippen molar-refractivity contribution in [3.8, 4) is 17.0 Å². The van der Waals surface area contributed by atoms with Gasteiger partial charge >= 0.3 is 0 Å². The minimum atomic E-state index is -0.136. The minimum absolute atomic E-state index is 0.00816. The Morgan fingerprint density at radius 1 is 0.861 bits per heavy atom. The van der Waals surface area contributed by atoms with Crippen LogP contribution in [0.4, 0.5) is 11.5 Å². The van der Waals surface area contributed by atoms with Crippen molar-refractivity contribution in [3.05, 3.63) is 78.4 Å². The number of nitrogens with one attached hydrogen (secondary N) is 2. The van der Waals surface area contributed by atoms with E-state index in [0.29, 0.717) is 30.2 Å². The highest BCUT2D eigenvalue weighted by atomic mass is 16.5. The molecule has 0 radical (unpaired) electrons. The summed E-state index contributed by atoms with van der Waals surface area (Å²) in [5.41, 5.74) is 3.02. The number of carbonyl (C=O) groups excluding carboxylic acids is 2. The van der Waals surface area contributed by atoms with Gasteiger partial charge in [-0.05, 0) is 62.4 Å². The lowest BCUT2D eigenvalue weighted by atomic mass is 10.0. The molecule has 8 nitrogen and oxygen atoms in total. The van der Waals surface area contributed by atoms with Gasteiger partial charge in [0.25, 0.3) is 11.8 Å². The van der Waals surface area contributed by atoms with Crippen molar-refractivity contribution in [2.75, 3.05) is 32.1 Å². The second-order valence-corrected chi connectivity index (χ2v) is 8.10. The van der Waals surface area contributed by atoms with E-state index >= 15 is 0 Å². The van der Waals surface area contributed by atoms with Crippen molar-refractivity contribution in [3.63, 3.8) is 0 Å². The fourth-order valence-corrected chi connectivity index (χ4v) is 3.92. The van der Waals surface area contributed by atoms with Crippen molar-refractivity contribution in [2.24, 2.45) is 0 Å². The van der Waals surface area contributed by atoms with Crippen LogP contribution in [-0.4, -0.2) is 53.7 Å². The molecule has 8 heteroatoms. The van der Waals surface area contributed by atoms with Crippen molar-refractivity contribution in [1.82, 2.24) is 20.4 Å². The second-order valence-electron chi connectivity index (χ2n) is 8.10. The molecule has 3 aromatic carbocycles. The largest absolute Gasteiger partial charge is 0.484 e. The molecule has 2 N–H and O–H groups in total. The van der Waals surface area contributed by atoms with Gasteiger partial charge in [-0.3, -0.25) is 9.59 Å². The van der Waals surface area contributed by atoms with Crippen molar-refractivity contribution in [1.29, 1.82) is 0 Å². The molecule has 0 aliphatic rings. The second kappa shape index (κ2) is 11.3. The first-order valence-corrected chi connectivity index (χ1v) is 11.9. The molecule has 0 aliphatic carbocycles. The highest BCUT2D eigenvalue weighted by Gasteiger charge is 2.13. The van der Waals surface area contributed by atoms with Crippen LogP contribution in [0.1, 0.15) is 24.2 Å². The van der Waals surface area contributed by atoms with Crippen molar-refractivity contribution >= 4 is 34.1 Å². The highest BCUT2D eigenvalue weighted by molar-refractivity contribution is 6.01. The van der Waals surface area contributed by atoms with E-state index in [1.54, 1.807) is 24.1 Å². The molecule has 0 fully saturated rings. The van der Waals surface area contributed by atoms with Gasteiger partial charge in [-0.15, -0.1) is 10.2 Å².